The molecule has 0 aliphatic carbocycles. The van der Waals surface area contributed by atoms with Gasteiger partial charge in [0.05, 0.1) is 12.7 Å². The molecule has 0 radical (unpaired) electrons. The van der Waals surface area contributed by atoms with Gasteiger partial charge in [0.1, 0.15) is 18.1 Å². The molecule has 29 heavy (non-hydrogen) atoms. The van der Waals surface area contributed by atoms with Gasteiger partial charge in [0.15, 0.2) is 0 Å². The average molecular weight is 395 g/mol. The number of para-hydroxylation sites is 1. The minimum atomic E-state index is -0.742. The van der Waals surface area contributed by atoms with E-state index >= 15 is 0 Å². The number of aromatic hydroxyl groups is 1. The average Bonchev–Trinajstić information content (AvgIpc) is 2.73. The number of benzene rings is 2. The molecule has 1 unspecified atom stereocenters. The van der Waals surface area contributed by atoms with Crippen LogP contribution in [0.25, 0.3) is 6.08 Å². The Balaban J connectivity index is 1.98. The summed E-state index contributed by atoms with van der Waals surface area (Å²) < 4.78 is 5.71. The Morgan fingerprint density at radius 3 is 2.55 bits per heavy atom. The van der Waals surface area contributed by atoms with E-state index in [4.69, 9.17) is 4.74 Å². The summed E-state index contributed by atoms with van der Waals surface area (Å²) in [6, 6.07) is 16.5. The number of aliphatic hydroxyl groups excluding tert-OH is 2. The summed E-state index contributed by atoms with van der Waals surface area (Å²) in [5.74, 6) is 0.964. The van der Waals surface area contributed by atoms with Crippen LogP contribution in [0, 0.1) is 0 Å². The highest BCUT2D eigenvalue weighted by atomic mass is 16.5. The zero-order valence-electron chi connectivity index (χ0n) is 16.9. The van der Waals surface area contributed by atoms with Crippen molar-refractivity contribution in [3.63, 3.8) is 0 Å². The molecule has 0 saturated carbocycles. The fraction of sp³-hybridized carbons (Fsp3) is 0.280. The van der Waals surface area contributed by atoms with Crippen LogP contribution in [0.2, 0.25) is 0 Å². The Labute approximate surface area is 173 Å². The second kappa shape index (κ2) is 11.9. The van der Waals surface area contributed by atoms with Crippen LogP contribution in [-0.2, 0) is 0 Å². The van der Waals surface area contributed by atoms with Gasteiger partial charge in [0.25, 0.3) is 0 Å². The lowest BCUT2D eigenvalue weighted by molar-refractivity contribution is 0.198. The van der Waals surface area contributed by atoms with E-state index in [0.29, 0.717) is 24.0 Å². The number of phenols is 1. The standard InChI is InChI=1S/C25H30O4/c1-3-20(16-21-8-7-9-22(27)17-21)12-13-25(28)24(14-15-26)19(2)18-29-23-10-5-4-6-11-23/h4-11,14,16-17,25-28H,2-3,12-13,15,18H2,1H3/b20-16+,24-14-. The fourth-order valence-corrected chi connectivity index (χ4v) is 3.06. The van der Waals surface area contributed by atoms with Gasteiger partial charge in [-0.25, -0.2) is 0 Å². The Bertz CT molecular complexity index is 837. The van der Waals surface area contributed by atoms with Gasteiger partial charge in [0.2, 0.25) is 0 Å². The molecule has 2 rings (SSSR count). The highest BCUT2D eigenvalue weighted by Crippen LogP contribution is 2.23. The van der Waals surface area contributed by atoms with Crippen molar-refractivity contribution < 1.29 is 20.1 Å². The predicted molar refractivity (Wildman–Crippen MR) is 118 cm³/mol. The predicted octanol–water partition coefficient (Wildman–Crippen LogP) is 4.88. The largest absolute Gasteiger partial charge is 0.508 e. The molecule has 0 aliphatic heterocycles. The maximum absolute atomic E-state index is 10.7. The van der Waals surface area contributed by atoms with Crippen molar-refractivity contribution >= 4 is 6.08 Å². The lowest BCUT2D eigenvalue weighted by Crippen LogP contribution is -2.16. The van der Waals surface area contributed by atoms with Gasteiger partial charge in [-0.05, 0) is 60.2 Å². The fourth-order valence-electron chi connectivity index (χ4n) is 3.06. The van der Waals surface area contributed by atoms with Crippen LogP contribution in [0.5, 0.6) is 11.5 Å². The topological polar surface area (TPSA) is 69.9 Å². The minimum Gasteiger partial charge on any atom is -0.508 e. The van der Waals surface area contributed by atoms with Gasteiger partial charge in [0, 0.05) is 0 Å². The van der Waals surface area contributed by atoms with Gasteiger partial charge >= 0.3 is 0 Å². The number of rotatable bonds is 11. The van der Waals surface area contributed by atoms with Crippen LogP contribution < -0.4 is 4.74 Å². The first kappa shape index (κ1) is 22.5. The Morgan fingerprint density at radius 1 is 1.14 bits per heavy atom. The van der Waals surface area contributed by atoms with E-state index in [1.54, 1.807) is 18.2 Å². The van der Waals surface area contributed by atoms with Crippen LogP contribution in [0.15, 0.2) is 84.0 Å². The smallest absolute Gasteiger partial charge is 0.119 e. The summed E-state index contributed by atoms with van der Waals surface area (Å²) in [7, 11) is 0. The maximum Gasteiger partial charge on any atom is 0.119 e. The van der Waals surface area contributed by atoms with E-state index in [1.807, 2.05) is 48.5 Å². The number of phenolic OH excluding ortho intramolecular Hbond substituents is 1. The molecule has 0 aromatic heterocycles. The molecule has 2 aromatic carbocycles. The normalized spacial score (nSPS) is 13.2. The SMILES string of the molecule is C=C(COc1ccccc1)/C(=C/CO)C(O)CC/C(=C/c1cccc(O)c1)CC. The first-order chi connectivity index (χ1) is 14.0. The molecular weight excluding hydrogens is 364 g/mol. The number of hydrogen-bond donors (Lipinski definition) is 3. The zero-order valence-corrected chi connectivity index (χ0v) is 16.9. The highest BCUT2D eigenvalue weighted by molar-refractivity contribution is 5.54. The molecule has 0 saturated heterocycles. The summed E-state index contributed by atoms with van der Waals surface area (Å²) in [5.41, 5.74) is 3.36. The quantitative estimate of drug-likeness (QED) is 0.475. The van der Waals surface area contributed by atoms with E-state index in [2.05, 4.69) is 13.5 Å². The number of ether oxygens (including phenoxy) is 1. The van der Waals surface area contributed by atoms with Crippen molar-refractivity contribution in [3.8, 4) is 11.5 Å². The molecule has 0 heterocycles. The lowest BCUT2D eigenvalue weighted by atomic mass is 9.95. The molecular formula is C25H30O4. The maximum atomic E-state index is 10.7. The van der Waals surface area contributed by atoms with Crippen LogP contribution in [0.1, 0.15) is 31.7 Å². The highest BCUT2D eigenvalue weighted by Gasteiger charge is 2.15. The third-order valence-corrected chi connectivity index (χ3v) is 4.67. The van der Waals surface area contributed by atoms with E-state index in [0.717, 1.165) is 17.7 Å². The van der Waals surface area contributed by atoms with E-state index in [1.165, 1.54) is 5.57 Å². The third kappa shape index (κ3) is 7.60. The van der Waals surface area contributed by atoms with Gasteiger partial charge in [-0.1, -0.05) is 61.6 Å². The third-order valence-electron chi connectivity index (χ3n) is 4.67. The zero-order chi connectivity index (χ0) is 21.1. The van der Waals surface area contributed by atoms with Crippen molar-refractivity contribution in [3.05, 3.63) is 89.5 Å². The molecule has 0 amide bonds. The van der Waals surface area contributed by atoms with Crippen molar-refractivity contribution in [2.45, 2.75) is 32.3 Å². The first-order valence-corrected chi connectivity index (χ1v) is 9.87. The molecule has 154 valence electrons. The lowest BCUT2D eigenvalue weighted by Gasteiger charge is -2.19. The molecule has 0 fully saturated rings. The van der Waals surface area contributed by atoms with Gasteiger partial charge in [-0.15, -0.1) is 0 Å². The Hall–Kier alpha value is -2.82. The van der Waals surface area contributed by atoms with Gasteiger partial charge in [-0.2, -0.15) is 0 Å². The summed E-state index contributed by atoms with van der Waals surface area (Å²) in [6.45, 7) is 6.17. The minimum absolute atomic E-state index is 0.170. The molecule has 0 spiro atoms. The number of aliphatic hydroxyl groups is 2. The molecule has 0 aliphatic rings. The summed E-state index contributed by atoms with van der Waals surface area (Å²) in [6.07, 6.45) is 4.94. The monoisotopic (exact) mass is 394 g/mol. The molecule has 4 heteroatoms. The van der Waals surface area contributed by atoms with Crippen LogP contribution in [0.4, 0.5) is 0 Å². The molecule has 3 N–H and O–H groups in total. The van der Waals surface area contributed by atoms with Gasteiger partial charge < -0.3 is 20.1 Å². The summed E-state index contributed by atoms with van der Waals surface area (Å²) in [5, 5.41) is 29.7. The number of hydrogen-bond acceptors (Lipinski definition) is 4. The van der Waals surface area contributed by atoms with E-state index < -0.39 is 6.10 Å². The molecule has 0 bridgehead atoms. The van der Waals surface area contributed by atoms with Crippen molar-refractivity contribution in [2.75, 3.05) is 13.2 Å². The van der Waals surface area contributed by atoms with Crippen LogP contribution in [-0.4, -0.2) is 34.6 Å². The number of allylic oxidation sites excluding steroid dienone is 1. The van der Waals surface area contributed by atoms with Crippen molar-refractivity contribution in [2.24, 2.45) is 0 Å². The van der Waals surface area contributed by atoms with E-state index in [9.17, 15) is 15.3 Å². The van der Waals surface area contributed by atoms with E-state index in [-0.39, 0.29) is 19.0 Å². The Kier molecular flexibility index (Phi) is 9.22. The first-order valence-electron chi connectivity index (χ1n) is 9.87. The second-order valence-electron chi connectivity index (χ2n) is 6.85. The summed E-state index contributed by atoms with van der Waals surface area (Å²) >= 11 is 0. The summed E-state index contributed by atoms with van der Waals surface area (Å²) in [4.78, 5) is 0. The Morgan fingerprint density at radius 2 is 1.90 bits per heavy atom. The van der Waals surface area contributed by atoms with Crippen LogP contribution >= 0.6 is 0 Å². The van der Waals surface area contributed by atoms with Crippen LogP contribution in [0.3, 0.4) is 0 Å². The molecule has 2 aromatic rings. The van der Waals surface area contributed by atoms with Gasteiger partial charge in [-0.3, -0.25) is 0 Å². The molecule has 1 atom stereocenters. The van der Waals surface area contributed by atoms with Crippen molar-refractivity contribution in [1.82, 2.24) is 0 Å². The second-order valence-corrected chi connectivity index (χ2v) is 6.85. The molecule has 4 nitrogen and oxygen atoms in total. The van der Waals surface area contributed by atoms with Crippen molar-refractivity contribution in [1.29, 1.82) is 0 Å².